The smallest absolute Gasteiger partial charge is 0.120 e. The zero-order chi connectivity index (χ0) is 17.7. The van der Waals surface area contributed by atoms with Crippen LogP contribution in [-0.4, -0.2) is 17.4 Å². The van der Waals surface area contributed by atoms with Gasteiger partial charge >= 0.3 is 0 Å². The third kappa shape index (κ3) is 4.16. The van der Waals surface area contributed by atoms with E-state index in [0.717, 1.165) is 23.5 Å². The Morgan fingerprint density at radius 1 is 1.00 bits per heavy atom. The van der Waals surface area contributed by atoms with Crippen molar-refractivity contribution >= 4 is 5.84 Å². The number of hydrogen-bond donors (Lipinski definition) is 3. The molecule has 25 heavy (non-hydrogen) atoms. The Morgan fingerprint density at radius 2 is 1.60 bits per heavy atom. The van der Waals surface area contributed by atoms with Gasteiger partial charge in [-0.2, -0.15) is 0 Å². The van der Waals surface area contributed by atoms with E-state index < -0.39 is 5.54 Å². The van der Waals surface area contributed by atoms with Crippen LogP contribution in [0.15, 0.2) is 77.4 Å². The van der Waals surface area contributed by atoms with Gasteiger partial charge in [0, 0.05) is 5.70 Å². The van der Waals surface area contributed by atoms with E-state index in [0.29, 0.717) is 13.0 Å². The first-order chi connectivity index (χ1) is 12.1. The van der Waals surface area contributed by atoms with Gasteiger partial charge in [-0.3, -0.25) is 4.99 Å². The zero-order valence-corrected chi connectivity index (χ0v) is 14.7. The highest BCUT2D eigenvalue weighted by Gasteiger charge is 2.38. The Bertz CT molecular complexity index is 752. The third-order valence-electron chi connectivity index (χ3n) is 4.61. The number of allylic oxidation sites excluding steroid dienone is 1. The van der Waals surface area contributed by atoms with Gasteiger partial charge in [-0.05, 0) is 30.0 Å². The van der Waals surface area contributed by atoms with Crippen LogP contribution < -0.4 is 16.8 Å². The van der Waals surface area contributed by atoms with Gasteiger partial charge in [-0.15, -0.1) is 0 Å². The minimum atomic E-state index is -0.645. The molecule has 0 radical (unpaired) electrons. The average molecular weight is 334 g/mol. The maximum atomic E-state index is 6.74. The SMILES string of the molecule is CCC1=CC(N)(Cc2ccccc2)C(N)C(=NCc2ccccc2)N1. The van der Waals surface area contributed by atoms with Gasteiger partial charge in [0.15, 0.2) is 0 Å². The lowest BCUT2D eigenvalue weighted by atomic mass is 9.81. The topological polar surface area (TPSA) is 76.4 Å². The van der Waals surface area contributed by atoms with E-state index in [1.807, 2.05) is 36.4 Å². The van der Waals surface area contributed by atoms with E-state index in [-0.39, 0.29) is 6.04 Å². The highest BCUT2D eigenvalue weighted by Crippen LogP contribution is 2.23. The van der Waals surface area contributed by atoms with Crippen LogP contribution >= 0.6 is 0 Å². The molecule has 0 amide bonds. The first-order valence-corrected chi connectivity index (χ1v) is 8.76. The second-order valence-corrected chi connectivity index (χ2v) is 6.59. The summed E-state index contributed by atoms with van der Waals surface area (Å²) in [4.78, 5) is 4.73. The Labute approximate surface area is 149 Å². The summed E-state index contributed by atoms with van der Waals surface area (Å²) >= 11 is 0. The maximum absolute atomic E-state index is 6.74. The highest BCUT2D eigenvalue weighted by atomic mass is 15.1. The van der Waals surface area contributed by atoms with Crippen LogP contribution in [0.2, 0.25) is 0 Å². The van der Waals surface area contributed by atoms with Crippen LogP contribution in [0, 0.1) is 0 Å². The summed E-state index contributed by atoms with van der Waals surface area (Å²) in [6.07, 6.45) is 3.63. The molecule has 2 aromatic rings. The molecular weight excluding hydrogens is 308 g/mol. The maximum Gasteiger partial charge on any atom is 0.120 e. The Balaban J connectivity index is 1.85. The fourth-order valence-corrected chi connectivity index (χ4v) is 3.15. The molecule has 5 N–H and O–H groups in total. The fourth-order valence-electron chi connectivity index (χ4n) is 3.15. The Hall–Kier alpha value is -2.43. The van der Waals surface area contributed by atoms with Crippen molar-refractivity contribution in [3.63, 3.8) is 0 Å². The summed E-state index contributed by atoms with van der Waals surface area (Å²) in [7, 11) is 0. The second kappa shape index (κ2) is 7.64. The van der Waals surface area contributed by atoms with Gasteiger partial charge in [0.05, 0.1) is 18.1 Å². The normalized spacial score (nSPS) is 24.7. The highest BCUT2D eigenvalue weighted by molar-refractivity contribution is 5.92. The number of amidine groups is 1. The lowest BCUT2D eigenvalue weighted by Gasteiger charge is -2.39. The standard InChI is InChI=1S/C21H26N4/c1-2-18-14-21(23,13-16-9-5-3-6-10-16)19(22)20(25-18)24-15-17-11-7-4-8-12-17/h3-12,14,19H,2,13,15,22-23H2,1H3,(H,24,25). The molecule has 2 unspecified atom stereocenters. The molecule has 0 aromatic heterocycles. The molecule has 0 spiro atoms. The molecule has 0 saturated heterocycles. The van der Waals surface area contributed by atoms with Crippen LogP contribution in [0.4, 0.5) is 0 Å². The minimum absolute atomic E-state index is 0.369. The fraction of sp³-hybridized carbons (Fsp3) is 0.286. The van der Waals surface area contributed by atoms with Crippen molar-refractivity contribution in [1.29, 1.82) is 0 Å². The summed E-state index contributed by atoms with van der Waals surface area (Å²) in [6, 6.07) is 20.0. The second-order valence-electron chi connectivity index (χ2n) is 6.59. The van der Waals surface area contributed by atoms with Crippen LogP contribution in [-0.2, 0) is 13.0 Å². The van der Waals surface area contributed by atoms with Crippen molar-refractivity contribution in [3.8, 4) is 0 Å². The lowest BCUT2D eigenvalue weighted by molar-refractivity contribution is 0.463. The van der Waals surface area contributed by atoms with Gasteiger partial charge in [0.1, 0.15) is 5.84 Å². The van der Waals surface area contributed by atoms with Gasteiger partial charge in [0.2, 0.25) is 0 Å². The molecule has 130 valence electrons. The molecule has 2 aromatic carbocycles. The number of aliphatic imine (C=N–C) groups is 1. The van der Waals surface area contributed by atoms with Crippen LogP contribution in [0.3, 0.4) is 0 Å². The van der Waals surface area contributed by atoms with E-state index in [9.17, 15) is 0 Å². The molecule has 0 saturated carbocycles. The van der Waals surface area contributed by atoms with Crippen LogP contribution in [0.1, 0.15) is 24.5 Å². The van der Waals surface area contributed by atoms with Gasteiger partial charge in [0.25, 0.3) is 0 Å². The van der Waals surface area contributed by atoms with Crippen molar-refractivity contribution in [2.24, 2.45) is 16.5 Å². The average Bonchev–Trinajstić information content (AvgIpc) is 2.64. The number of benzene rings is 2. The molecule has 4 nitrogen and oxygen atoms in total. The lowest BCUT2D eigenvalue weighted by Crippen LogP contribution is -2.64. The van der Waals surface area contributed by atoms with Crippen molar-refractivity contribution in [2.45, 2.75) is 37.9 Å². The summed E-state index contributed by atoms with van der Waals surface area (Å²) in [5.74, 6) is 0.765. The van der Waals surface area contributed by atoms with Crippen molar-refractivity contribution in [2.75, 3.05) is 0 Å². The monoisotopic (exact) mass is 334 g/mol. The molecule has 1 aliphatic rings. The molecule has 0 bridgehead atoms. The van der Waals surface area contributed by atoms with Crippen molar-refractivity contribution < 1.29 is 0 Å². The quantitative estimate of drug-likeness (QED) is 0.787. The Morgan fingerprint density at radius 3 is 2.20 bits per heavy atom. The Kier molecular flexibility index (Phi) is 5.31. The molecular formula is C21H26N4. The van der Waals surface area contributed by atoms with Crippen molar-refractivity contribution in [3.05, 3.63) is 83.6 Å². The summed E-state index contributed by atoms with van der Waals surface area (Å²) in [6.45, 7) is 2.70. The first kappa shape index (κ1) is 17.4. The van der Waals surface area contributed by atoms with Gasteiger partial charge in [-0.25, -0.2) is 0 Å². The molecule has 0 aliphatic carbocycles. The zero-order valence-electron chi connectivity index (χ0n) is 14.7. The molecule has 4 heteroatoms. The summed E-state index contributed by atoms with van der Waals surface area (Å²) < 4.78 is 0. The predicted molar refractivity (Wildman–Crippen MR) is 104 cm³/mol. The minimum Gasteiger partial charge on any atom is -0.346 e. The van der Waals surface area contributed by atoms with Crippen molar-refractivity contribution in [1.82, 2.24) is 5.32 Å². The van der Waals surface area contributed by atoms with Crippen LogP contribution in [0.5, 0.6) is 0 Å². The molecule has 1 aliphatic heterocycles. The molecule has 1 heterocycles. The molecule has 0 fully saturated rings. The van der Waals surface area contributed by atoms with E-state index in [1.54, 1.807) is 0 Å². The number of nitrogens with one attached hydrogen (secondary N) is 1. The van der Waals surface area contributed by atoms with E-state index in [1.165, 1.54) is 5.56 Å². The number of rotatable bonds is 5. The summed E-state index contributed by atoms with van der Waals surface area (Å²) in [5, 5.41) is 3.37. The van der Waals surface area contributed by atoms with Gasteiger partial charge < -0.3 is 16.8 Å². The number of nitrogens with zero attached hydrogens (tertiary/aromatic N) is 1. The van der Waals surface area contributed by atoms with E-state index in [2.05, 4.69) is 42.6 Å². The first-order valence-electron chi connectivity index (χ1n) is 8.76. The number of hydrogen-bond acceptors (Lipinski definition) is 3. The summed E-state index contributed by atoms with van der Waals surface area (Å²) in [5.41, 5.74) is 16.0. The third-order valence-corrected chi connectivity index (χ3v) is 4.61. The van der Waals surface area contributed by atoms with E-state index >= 15 is 0 Å². The largest absolute Gasteiger partial charge is 0.346 e. The predicted octanol–water partition coefficient (Wildman–Crippen LogP) is 2.75. The van der Waals surface area contributed by atoms with Crippen LogP contribution in [0.25, 0.3) is 0 Å². The number of nitrogens with two attached hydrogens (primary N) is 2. The molecule has 3 rings (SSSR count). The molecule has 2 atom stereocenters. The van der Waals surface area contributed by atoms with E-state index in [4.69, 9.17) is 16.5 Å². The van der Waals surface area contributed by atoms with Gasteiger partial charge in [-0.1, -0.05) is 67.6 Å².